The van der Waals surface area contributed by atoms with Crippen molar-refractivity contribution in [1.82, 2.24) is 24.1 Å². The van der Waals surface area contributed by atoms with Crippen molar-refractivity contribution in [2.75, 3.05) is 0 Å². The second-order valence-corrected chi connectivity index (χ2v) is 11.3. The van der Waals surface area contributed by atoms with Crippen LogP contribution >= 0.6 is 0 Å². The molecule has 4 aromatic heterocycles. The predicted octanol–water partition coefficient (Wildman–Crippen LogP) is 9.63. The fraction of sp³-hybridized carbons (Fsp3) is 0. The van der Waals surface area contributed by atoms with Gasteiger partial charge in [-0.25, -0.2) is 15.0 Å². The van der Waals surface area contributed by atoms with Crippen LogP contribution in [0.15, 0.2) is 144 Å². The van der Waals surface area contributed by atoms with E-state index in [2.05, 4.69) is 139 Å². The molecule has 4 heterocycles. The maximum absolute atomic E-state index is 6.35. The van der Waals surface area contributed by atoms with Crippen LogP contribution in [0, 0.1) is 0 Å². The van der Waals surface area contributed by atoms with Crippen LogP contribution in [0.25, 0.3) is 88.3 Å². The van der Waals surface area contributed by atoms with Gasteiger partial charge in [0, 0.05) is 43.6 Å². The monoisotopic (exact) mass is 577 g/mol. The zero-order chi connectivity index (χ0) is 29.5. The van der Waals surface area contributed by atoms with E-state index < -0.39 is 0 Å². The summed E-state index contributed by atoms with van der Waals surface area (Å²) in [6, 6.07) is 45.0. The number of hydrogen-bond acceptors (Lipinski definition) is 4. The molecular weight excluding hydrogens is 554 g/mol. The van der Waals surface area contributed by atoms with Gasteiger partial charge in [0.2, 0.25) is 5.95 Å². The zero-order valence-electron chi connectivity index (χ0n) is 23.9. The molecular formula is C39H23N5O. The molecule has 0 amide bonds. The number of para-hydroxylation sites is 4. The maximum Gasteiger partial charge on any atom is 0.237 e. The van der Waals surface area contributed by atoms with Crippen molar-refractivity contribution in [3.63, 3.8) is 0 Å². The Morgan fingerprint density at radius 1 is 0.467 bits per heavy atom. The first-order valence-corrected chi connectivity index (χ1v) is 14.9. The molecule has 0 unspecified atom stereocenters. The fourth-order valence-electron chi connectivity index (χ4n) is 7.13. The molecule has 6 heteroatoms. The van der Waals surface area contributed by atoms with Crippen molar-refractivity contribution >= 4 is 65.6 Å². The van der Waals surface area contributed by atoms with E-state index in [1.807, 2.05) is 12.1 Å². The average Bonchev–Trinajstić information content (AvgIpc) is 3.76. The molecule has 0 aliphatic rings. The minimum atomic E-state index is 0.606. The highest BCUT2D eigenvalue weighted by atomic mass is 16.3. The quantitative estimate of drug-likeness (QED) is 0.210. The summed E-state index contributed by atoms with van der Waals surface area (Å²) in [6.07, 6.45) is 3.09. The molecule has 0 fully saturated rings. The second kappa shape index (κ2) is 9.11. The zero-order valence-corrected chi connectivity index (χ0v) is 23.9. The Labute approximate surface area is 256 Å². The maximum atomic E-state index is 6.35. The number of furan rings is 1. The third kappa shape index (κ3) is 3.36. The normalized spacial score (nSPS) is 12.0. The van der Waals surface area contributed by atoms with Crippen molar-refractivity contribution in [2.24, 2.45) is 0 Å². The molecule has 0 N–H and O–H groups in total. The van der Waals surface area contributed by atoms with Crippen LogP contribution in [0.4, 0.5) is 0 Å². The van der Waals surface area contributed by atoms with Crippen LogP contribution in [-0.4, -0.2) is 24.1 Å². The van der Waals surface area contributed by atoms with E-state index in [0.29, 0.717) is 5.95 Å². The molecule has 0 atom stereocenters. The minimum absolute atomic E-state index is 0.606. The van der Waals surface area contributed by atoms with Crippen molar-refractivity contribution in [1.29, 1.82) is 0 Å². The van der Waals surface area contributed by atoms with Crippen LogP contribution < -0.4 is 0 Å². The van der Waals surface area contributed by atoms with Gasteiger partial charge in [-0.3, -0.25) is 4.57 Å². The van der Waals surface area contributed by atoms with Gasteiger partial charge in [0.05, 0.1) is 22.1 Å². The number of rotatable bonds is 3. The summed E-state index contributed by atoms with van der Waals surface area (Å²) in [5, 5.41) is 7.03. The number of hydrogen-bond donors (Lipinski definition) is 0. The molecule has 210 valence electrons. The van der Waals surface area contributed by atoms with Crippen molar-refractivity contribution in [3.05, 3.63) is 140 Å². The van der Waals surface area contributed by atoms with Gasteiger partial charge >= 0.3 is 0 Å². The molecule has 6 nitrogen and oxygen atoms in total. The highest BCUT2D eigenvalue weighted by molar-refractivity contribution is 6.28. The summed E-state index contributed by atoms with van der Waals surface area (Å²) in [6.45, 7) is 0. The smallest absolute Gasteiger partial charge is 0.237 e. The molecule has 45 heavy (non-hydrogen) atoms. The van der Waals surface area contributed by atoms with Crippen molar-refractivity contribution in [2.45, 2.75) is 0 Å². The lowest BCUT2D eigenvalue weighted by molar-refractivity contribution is 0.670. The van der Waals surface area contributed by atoms with Gasteiger partial charge in [0.25, 0.3) is 0 Å². The lowest BCUT2D eigenvalue weighted by atomic mass is 10.0. The van der Waals surface area contributed by atoms with Crippen LogP contribution in [0.1, 0.15) is 0 Å². The molecule has 0 bridgehead atoms. The predicted molar refractivity (Wildman–Crippen MR) is 181 cm³/mol. The van der Waals surface area contributed by atoms with E-state index in [9.17, 15) is 0 Å². The summed E-state index contributed by atoms with van der Waals surface area (Å²) in [7, 11) is 0. The van der Waals surface area contributed by atoms with Crippen molar-refractivity contribution in [3.8, 4) is 22.8 Å². The van der Waals surface area contributed by atoms with Crippen molar-refractivity contribution < 1.29 is 4.42 Å². The first-order chi connectivity index (χ1) is 22.3. The standard InChI is InChI=1S/C39H23N5O/c1-4-13-31-29(9-1)36-33(20-21-34-37(36)30-10-2-5-14-32(30)44(34)39-41-22-40-23-42-39)43(31)25-18-16-24(17-19-25)26-11-7-12-28-27-8-3-6-15-35(27)45-38(26)28/h1-23H. The summed E-state index contributed by atoms with van der Waals surface area (Å²) in [5.41, 5.74) is 9.56. The van der Waals surface area contributed by atoms with Gasteiger partial charge in [0.15, 0.2) is 0 Å². The van der Waals surface area contributed by atoms with Crippen LogP contribution in [0.3, 0.4) is 0 Å². The summed E-state index contributed by atoms with van der Waals surface area (Å²) in [5.74, 6) is 0.606. The Hall–Kier alpha value is -6.27. The molecule has 0 saturated heterocycles. The van der Waals surface area contributed by atoms with E-state index in [0.717, 1.165) is 66.2 Å². The Bertz CT molecular complexity index is 2750. The number of nitrogens with zero attached hydrogens (tertiary/aromatic N) is 5. The SMILES string of the molecule is c1ccc2c(c1)oc1c(-c3ccc(-n4c5ccccc5c5c6c7ccccc7n(-c7ncncn7)c6ccc54)cc3)cccc12. The Morgan fingerprint density at radius 2 is 1.07 bits per heavy atom. The van der Waals surface area contributed by atoms with Gasteiger partial charge < -0.3 is 8.98 Å². The minimum Gasteiger partial charge on any atom is -0.455 e. The van der Waals surface area contributed by atoms with E-state index in [-0.39, 0.29) is 0 Å². The van der Waals surface area contributed by atoms with E-state index >= 15 is 0 Å². The van der Waals surface area contributed by atoms with Gasteiger partial charge in [-0.2, -0.15) is 0 Å². The van der Waals surface area contributed by atoms with Gasteiger partial charge in [0.1, 0.15) is 23.8 Å². The molecule has 0 radical (unpaired) electrons. The van der Waals surface area contributed by atoms with Crippen LogP contribution in [0.2, 0.25) is 0 Å². The van der Waals surface area contributed by atoms with Gasteiger partial charge in [-0.15, -0.1) is 0 Å². The van der Waals surface area contributed by atoms with Gasteiger partial charge in [-0.1, -0.05) is 84.9 Å². The molecule has 6 aromatic carbocycles. The third-order valence-corrected chi connectivity index (χ3v) is 8.99. The number of aromatic nitrogens is 5. The van der Waals surface area contributed by atoms with E-state index in [1.54, 1.807) is 12.7 Å². The highest BCUT2D eigenvalue weighted by Gasteiger charge is 2.21. The lowest BCUT2D eigenvalue weighted by Crippen LogP contribution is -2.00. The third-order valence-electron chi connectivity index (χ3n) is 8.99. The molecule has 10 aromatic rings. The number of benzene rings is 6. The average molecular weight is 578 g/mol. The van der Waals surface area contributed by atoms with Gasteiger partial charge in [-0.05, 0) is 48.0 Å². The highest BCUT2D eigenvalue weighted by Crippen LogP contribution is 2.42. The summed E-state index contributed by atoms with van der Waals surface area (Å²) < 4.78 is 10.8. The summed E-state index contributed by atoms with van der Waals surface area (Å²) >= 11 is 0. The fourth-order valence-corrected chi connectivity index (χ4v) is 7.13. The molecule has 0 aliphatic carbocycles. The van der Waals surface area contributed by atoms with E-state index in [4.69, 9.17) is 4.42 Å². The largest absolute Gasteiger partial charge is 0.455 e. The van der Waals surface area contributed by atoms with E-state index in [1.165, 1.54) is 16.2 Å². The molecule has 0 saturated carbocycles. The Balaban J connectivity index is 1.22. The summed E-state index contributed by atoms with van der Waals surface area (Å²) in [4.78, 5) is 13.1. The Morgan fingerprint density at radius 3 is 1.80 bits per heavy atom. The topological polar surface area (TPSA) is 61.7 Å². The molecule has 0 aliphatic heterocycles. The molecule has 0 spiro atoms. The Kier molecular flexibility index (Phi) is 4.90. The van der Waals surface area contributed by atoms with Crippen LogP contribution in [0.5, 0.6) is 0 Å². The first-order valence-electron chi connectivity index (χ1n) is 14.9. The second-order valence-electron chi connectivity index (χ2n) is 11.3. The van der Waals surface area contributed by atoms with Crippen LogP contribution in [-0.2, 0) is 0 Å². The lowest BCUT2D eigenvalue weighted by Gasteiger charge is -2.10. The number of fused-ring (bicyclic) bond motifs is 10. The molecule has 10 rings (SSSR count). The first kappa shape index (κ1) is 24.2.